The average Bonchev–Trinajstić information content (AvgIpc) is 3.01. The van der Waals surface area contributed by atoms with E-state index >= 15 is 0 Å². The standard InChI is InChI=1S/C21H23N3O2S/c1-5-26-20-10-9-17(15(3)25)12-18(20)13-27-21-23-22-16(4)24(21)19-8-6-7-14(2)11-19/h6-12H,5,13H2,1-4H3. The van der Waals surface area contributed by atoms with Crippen molar-refractivity contribution in [2.75, 3.05) is 6.61 Å². The molecule has 140 valence electrons. The van der Waals surface area contributed by atoms with E-state index < -0.39 is 0 Å². The number of carbonyl (C=O) groups excluding carboxylic acids is 1. The molecule has 27 heavy (non-hydrogen) atoms. The normalized spacial score (nSPS) is 10.8. The van der Waals surface area contributed by atoms with E-state index in [2.05, 4.69) is 35.3 Å². The molecule has 0 unspecified atom stereocenters. The molecule has 0 spiro atoms. The Morgan fingerprint density at radius 3 is 2.67 bits per heavy atom. The molecule has 0 fully saturated rings. The van der Waals surface area contributed by atoms with Crippen molar-refractivity contribution >= 4 is 17.5 Å². The molecule has 3 rings (SSSR count). The minimum atomic E-state index is 0.0445. The topological polar surface area (TPSA) is 57.0 Å². The van der Waals surface area contributed by atoms with E-state index in [0.29, 0.717) is 17.9 Å². The zero-order valence-electron chi connectivity index (χ0n) is 16.0. The van der Waals surface area contributed by atoms with Crippen LogP contribution in [0.2, 0.25) is 0 Å². The molecule has 0 aliphatic carbocycles. The lowest BCUT2D eigenvalue weighted by Gasteiger charge is -2.12. The molecule has 3 aromatic rings. The number of aryl methyl sites for hydroxylation is 2. The maximum absolute atomic E-state index is 11.7. The fraction of sp³-hybridized carbons (Fsp3) is 0.286. The van der Waals surface area contributed by atoms with Crippen molar-refractivity contribution < 1.29 is 9.53 Å². The first-order chi connectivity index (χ1) is 13.0. The van der Waals surface area contributed by atoms with Crippen molar-refractivity contribution in [2.45, 2.75) is 38.6 Å². The Kier molecular flexibility index (Phi) is 5.96. The molecule has 0 aliphatic heterocycles. The molecule has 5 nitrogen and oxygen atoms in total. The Bertz CT molecular complexity index is 966. The van der Waals surface area contributed by atoms with Gasteiger partial charge in [-0.1, -0.05) is 23.9 Å². The van der Waals surface area contributed by atoms with Gasteiger partial charge in [-0.05, 0) is 63.6 Å². The number of carbonyl (C=O) groups is 1. The third kappa shape index (κ3) is 4.39. The van der Waals surface area contributed by atoms with Crippen LogP contribution in [0.1, 0.15) is 41.2 Å². The fourth-order valence-corrected chi connectivity index (χ4v) is 3.83. The highest BCUT2D eigenvalue weighted by Gasteiger charge is 2.14. The van der Waals surface area contributed by atoms with E-state index in [-0.39, 0.29) is 5.78 Å². The van der Waals surface area contributed by atoms with Gasteiger partial charge >= 0.3 is 0 Å². The van der Waals surface area contributed by atoms with Gasteiger partial charge in [0.25, 0.3) is 0 Å². The highest BCUT2D eigenvalue weighted by Crippen LogP contribution is 2.30. The Morgan fingerprint density at radius 2 is 1.96 bits per heavy atom. The summed E-state index contributed by atoms with van der Waals surface area (Å²) < 4.78 is 7.78. The van der Waals surface area contributed by atoms with Crippen molar-refractivity contribution in [1.82, 2.24) is 14.8 Å². The van der Waals surface area contributed by atoms with Gasteiger partial charge in [0, 0.05) is 22.6 Å². The molecule has 0 atom stereocenters. The van der Waals surface area contributed by atoms with Gasteiger partial charge in [-0.15, -0.1) is 10.2 Å². The van der Waals surface area contributed by atoms with Crippen LogP contribution in [0.15, 0.2) is 47.6 Å². The summed E-state index contributed by atoms with van der Waals surface area (Å²) in [4.78, 5) is 11.7. The smallest absolute Gasteiger partial charge is 0.196 e. The van der Waals surface area contributed by atoms with E-state index in [1.165, 1.54) is 5.56 Å². The van der Waals surface area contributed by atoms with Crippen molar-refractivity contribution in [1.29, 1.82) is 0 Å². The lowest BCUT2D eigenvalue weighted by atomic mass is 10.1. The Balaban J connectivity index is 1.90. The zero-order chi connectivity index (χ0) is 19.4. The van der Waals surface area contributed by atoms with E-state index in [0.717, 1.165) is 28.0 Å². The van der Waals surface area contributed by atoms with Gasteiger partial charge in [-0.25, -0.2) is 0 Å². The van der Waals surface area contributed by atoms with Gasteiger partial charge in [0.2, 0.25) is 0 Å². The summed E-state index contributed by atoms with van der Waals surface area (Å²) >= 11 is 1.58. The predicted molar refractivity (Wildman–Crippen MR) is 108 cm³/mol. The first-order valence-electron chi connectivity index (χ1n) is 8.88. The number of hydrogen-bond acceptors (Lipinski definition) is 5. The third-order valence-corrected chi connectivity index (χ3v) is 5.16. The largest absolute Gasteiger partial charge is 0.494 e. The highest BCUT2D eigenvalue weighted by atomic mass is 32.2. The average molecular weight is 382 g/mol. The summed E-state index contributed by atoms with van der Waals surface area (Å²) in [6.45, 7) is 8.12. The van der Waals surface area contributed by atoms with E-state index in [1.807, 2.05) is 36.6 Å². The van der Waals surface area contributed by atoms with Crippen LogP contribution in [0.4, 0.5) is 0 Å². The van der Waals surface area contributed by atoms with Gasteiger partial charge in [0.1, 0.15) is 11.6 Å². The second-order valence-corrected chi connectivity index (χ2v) is 7.25. The monoisotopic (exact) mass is 381 g/mol. The summed E-state index contributed by atoms with van der Waals surface area (Å²) in [6, 6.07) is 13.8. The van der Waals surface area contributed by atoms with Gasteiger partial charge in [0.15, 0.2) is 10.9 Å². The summed E-state index contributed by atoms with van der Waals surface area (Å²) in [5.41, 5.74) is 3.89. The van der Waals surface area contributed by atoms with Gasteiger partial charge in [-0.3, -0.25) is 9.36 Å². The molecule has 0 saturated heterocycles. The van der Waals surface area contributed by atoms with Gasteiger partial charge in [0.05, 0.1) is 6.61 Å². The molecule has 0 radical (unpaired) electrons. The van der Waals surface area contributed by atoms with Crippen LogP contribution in [0.3, 0.4) is 0 Å². The predicted octanol–water partition coefficient (Wildman–Crippen LogP) is 4.78. The van der Waals surface area contributed by atoms with Crippen LogP contribution >= 0.6 is 11.8 Å². The van der Waals surface area contributed by atoms with Crippen LogP contribution in [-0.2, 0) is 5.75 Å². The van der Waals surface area contributed by atoms with E-state index in [9.17, 15) is 4.79 Å². The number of benzene rings is 2. The lowest BCUT2D eigenvalue weighted by molar-refractivity contribution is 0.101. The molecule has 0 saturated carbocycles. The number of rotatable bonds is 7. The second kappa shape index (κ2) is 8.39. The van der Waals surface area contributed by atoms with Crippen molar-refractivity contribution in [3.63, 3.8) is 0 Å². The molecule has 1 aromatic heterocycles. The zero-order valence-corrected chi connectivity index (χ0v) is 16.8. The Morgan fingerprint density at radius 1 is 1.15 bits per heavy atom. The summed E-state index contributed by atoms with van der Waals surface area (Å²) in [6.07, 6.45) is 0. The first kappa shape index (κ1) is 19.2. The number of ether oxygens (including phenoxy) is 1. The molecule has 6 heteroatoms. The maximum Gasteiger partial charge on any atom is 0.196 e. The molecular weight excluding hydrogens is 358 g/mol. The van der Waals surface area contributed by atoms with Crippen molar-refractivity contribution in [3.8, 4) is 11.4 Å². The highest BCUT2D eigenvalue weighted by molar-refractivity contribution is 7.98. The Labute approximate surface area is 163 Å². The molecule has 0 N–H and O–H groups in total. The van der Waals surface area contributed by atoms with Gasteiger partial charge < -0.3 is 4.74 Å². The number of thioether (sulfide) groups is 1. The molecule has 0 amide bonds. The first-order valence-corrected chi connectivity index (χ1v) is 9.86. The Hall–Kier alpha value is -2.60. The molecule has 2 aromatic carbocycles. The molecule has 0 bridgehead atoms. The summed E-state index contributed by atoms with van der Waals surface area (Å²) in [5, 5.41) is 9.40. The molecule has 1 heterocycles. The van der Waals surface area contributed by atoms with Crippen molar-refractivity contribution in [3.05, 3.63) is 65.0 Å². The minimum Gasteiger partial charge on any atom is -0.494 e. The quantitative estimate of drug-likeness (QED) is 0.435. The molecular formula is C21H23N3O2S. The van der Waals surface area contributed by atoms with Crippen LogP contribution in [0.5, 0.6) is 5.75 Å². The SMILES string of the molecule is CCOc1ccc(C(C)=O)cc1CSc1nnc(C)n1-c1cccc(C)c1. The minimum absolute atomic E-state index is 0.0445. The maximum atomic E-state index is 11.7. The number of ketones is 1. The van der Waals surface area contributed by atoms with E-state index in [1.54, 1.807) is 24.8 Å². The number of aromatic nitrogens is 3. The van der Waals surface area contributed by atoms with Crippen molar-refractivity contribution in [2.24, 2.45) is 0 Å². The summed E-state index contributed by atoms with van der Waals surface area (Å²) in [5.74, 6) is 2.32. The lowest BCUT2D eigenvalue weighted by Crippen LogP contribution is -2.01. The van der Waals surface area contributed by atoms with Crippen LogP contribution in [0, 0.1) is 13.8 Å². The van der Waals surface area contributed by atoms with Gasteiger partial charge in [-0.2, -0.15) is 0 Å². The molecule has 0 aliphatic rings. The van der Waals surface area contributed by atoms with E-state index in [4.69, 9.17) is 4.74 Å². The second-order valence-electron chi connectivity index (χ2n) is 6.30. The fourth-order valence-electron chi connectivity index (χ4n) is 2.85. The number of nitrogens with zero attached hydrogens (tertiary/aromatic N) is 3. The number of hydrogen-bond donors (Lipinski definition) is 0. The summed E-state index contributed by atoms with van der Waals surface area (Å²) in [7, 11) is 0. The van der Waals surface area contributed by atoms with Crippen LogP contribution in [0.25, 0.3) is 5.69 Å². The number of Topliss-reactive ketones (excluding diaryl/α,β-unsaturated/α-hetero) is 1. The van der Waals surface area contributed by atoms with Crippen LogP contribution in [-0.4, -0.2) is 27.2 Å². The third-order valence-electron chi connectivity index (χ3n) is 4.18. The van der Waals surface area contributed by atoms with Crippen LogP contribution < -0.4 is 4.74 Å².